The van der Waals surface area contributed by atoms with Crippen LogP contribution in [0.25, 0.3) is 32.9 Å². The summed E-state index contributed by atoms with van der Waals surface area (Å²) in [6.45, 7) is 7.36. The van der Waals surface area contributed by atoms with Gasteiger partial charge in [0, 0.05) is 11.8 Å². The van der Waals surface area contributed by atoms with Crippen molar-refractivity contribution in [2.45, 2.75) is 20.3 Å². The molecule has 1 aliphatic carbocycles. The molecule has 0 saturated heterocycles. The standard InChI is InChI=1S/C21H21ClN2O2S/c1-3-24(4-2)12-13-8-9-14-11-15(21(25)26-17(14)10-13)20-23-19-16(22)6-5-7-18(19)27-20/h5-7,9-11,13H,3-4,8,12H2,1-2H3. The largest absolute Gasteiger partial charge is 0.423 e. The van der Waals surface area contributed by atoms with E-state index in [0.717, 1.165) is 41.5 Å². The van der Waals surface area contributed by atoms with E-state index < -0.39 is 0 Å². The second-order valence-corrected chi connectivity index (χ2v) is 8.16. The molecular formula is C21H21ClN2O2S. The second kappa shape index (κ2) is 7.58. The van der Waals surface area contributed by atoms with Crippen molar-refractivity contribution < 1.29 is 4.42 Å². The van der Waals surface area contributed by atoms with Crippen LogP contribution in [0.3, 0.4) is 0 Å². The van der Waals surface area contributed by atoms with Crippen LogP contribution >= 0.6 is 22.9 Å². The van der Waals surface area contributed by atoms with E-state index in [0.29, 0.717) is 26.9 Å². The van der Waals surface area contributed by atoms with Crippen LogP contribution in [0.1, 0.15) is 20.3 Å². The molecule has 1 aliphatic rings. The van der Waals surface area contributed by atoms with Crippen molar-refractivity contribution >= 4 is 45.3 Å². The van der Waals surface area contributed by atoms with Crippen molar-refractivity contribution in [3.8, 4) is 10.6 Å². The molecule has 0 fully saturated rings. The van der Waals surface area contributed by atoms with Gasteiger partial charge in [-0.3, -0.25) is 0 Å². The average Bonchev–Trinajstić information content (AvgIpc) is 3.11. The zero-order valence-electron chi connectivity index (χ0n) is 15.4. The van der Waals surface area contributed by atoms with Gasteiger partial charge in [-0.2, -0.15) is 0 Å². The van der Waals surface area contributed by atoms with Gasteiger partial charge in [0.2, 0.25) is 0 Å². The van der Waals surface area contributed by atoms with Crippen LogP contribution in [0, 0.1) is 5.92 Å². The molecule has 140 valence electrons. The van der Waals surface area contributed by atoms with Crippen LogP contribution in [0.2, 0.25) is 5.02 Å². The molecule has 3 aromatic rings. The summed E-state index contributed by atoms with van der Waals surface area (Å²) in [5, 5.41) is 2.20. The quantitative estimate of drug-likeness (QED) is 0.657. The fourth-order valence-electron chi connectivity index (χ4n) is 3.47. The topological polar surface area (TPSA) is 46.3 Å². The maximum atomic E-state index is 12.6. The summed E-state index contributed by atoms with van der Waals surface area (Å²) in [4.78, 5) is 19.6. The first-order valence-corrected chi connectivity index (χ1v) is 10.4. The lowest BCUT2D eigenvalue weighted by molar-refractivity contribution is 0.279. The lowest BCUT2D eigenvalue weighted by Gasteiger charge is -2.23. The van der Waals surface area contributed by atoms with Gasteiger partial charge in [0.1, 0.15) is 15.9 Å². The fraction of sp³-hybridized carbons (Fsp3) is 0.333. The summed E-state index contributed by atoms with van der Waals surface area (Å²) < 4.78 is 6.63. The van der Waals surface area contributed by atoms with Gasteiger partial charge in [-0.25, -0.2) is 9.78 Å². The normalized spacial score (nSPS) is 16.2. The van der Waals surface area contributed by atoms with Crippen LogP contribution in [0.5, 0.6) is 0 Å². The van der Waals surface area contributed by atoms with Crippen molar-refractivity contribution in [1.29, 1.82) is 0 Å². The monoisotopic (exact) mass is 400 g/mol. The Hall–Kier alpha value is -1.95. The zero-order chi connectivity index (χ0) is 19.0. The van der Waals surface area contributed by atoms with Crippen LogP contribution in [0.15, 0.2) is 33.5 Å². The highest BCUT2D eigenvalue weighted by Gasteiger charge is 2.16. The molecule has 0 bridgehead atoms. The third-order valence-electron chi connectivity index (χ3n) is 5.02. The third-order valence-corrected chi connectivity index (χ3v) is 6.38. The van der Waals surface area contributed by atoms with Crippen molar-refractivity contribution in [2.75, 3.05) is 19.6 Å². The van der Waals surface area contributed by atoms with E-state index in [-0.39, 0.29) is 5.63 Å². The first-order valence-electron chi connectivity index (χ1n) is 9.23. The second-order valence-electron chi connectivity index (χ2n) is 6.73. The number of rotatable bonds is 5. The number of benzene rings is 1. The van der Waals surface area contributed by atoms with Gasteiger partial charge in [-0.15, -0.1) is 11.3 Å². The third kappa shape index (κ3) is 3.59. The molecule has 1 atom stereocenters. The van der Waals surface area contributed by atoms with Crippen molar-refractivity contribution in [3.05, 3.63) is 50.3 Å². The fourth-order valence-corrected chi connectivity index (χ4v) is 4.74. The van der Waals surface area contributed by atoms with Crippen LogP contribution in [-0.4, -0.2) is 29.5 Å². The molecule has 1 unspecified atom stereocenters. The number of halogens is 1. The zero-order valence-corrected chi connectivity index (χ0v) is 16.9. The van der Waals surface area contributed by atoms with E-state index >= 15 is 0 Å². The number of para-hydroxylation sites is 1. The minimum atomic E-state index is -0.350. The van der Waals surface area contributed by atoms with Gasteiger partial charge in [-0.1, -0.05) is 37.6 Å². The predicted octanol–water partition coefficient (Wildman–Crippen LogP) is 3.49. The average molecular weight is 401 g/mol. The molecule has 0 spiro atoms. The molecule has 2 aromatic heterocycles. The molecule has 0 radical (unpaired) electrons. The van der Waals surface area contributed by atoms with Crippen LogP contribution in [0.4, 0.5) is 0 Å². The van der Waals surface area contributed by atoms with E-state index in [4.69, 9.17) is 16.0 Å². The van der Waals surface area contributed by atoms with Gasteiger partial charge >= 0.3 is 5.63 Å². The Morgan fingerprint density at radius 2 is 2.15 bits per heavy atom. The van der Waals surface area contributed by atoms with Crippen molar-refractivity contribution in [3.63, 3.8) is 0 Å². The Morgan fingerprint density at radius 3 is 2.89 bits per heavy atom. The molecule has 0 N–H and O–H groups in total. The number of fused-ring (bicyclic) bond motifs is 2. The maximum absolute atomic E-state index is 12.6. The van der Waals surface area contributed by atoms with Crippen molar-refractivity contribution in [2.24, 2.45) is 5.92 Å². The molecule has 0 saturated carbocycles. The molecule has 27 heavy (non-hydrogen) atoms. The Labute approximate surface area is 166 Å². The molecule has 6 heteroatoms. The molecule has 4 rings (SSSR count). The first kappa shape index (κ1) is 18.4. The van der Waals surface area contributed by atoms with Gasteiger partial charge in [0.15, 0.2) is 0 Å². The van der Waals surface area contributed by atoms with Gasteiger partial charge in [-0.05, 0) is 49.7 Å². The van der Waals surface area contributed by atoms with Crippen LogP contribution < -0.4 is 16.3 Å². The number of hydrogen-bond donors (Lipinski definition) is 0. The number of nitrogens with zero attached hydrogens (tertiary/aromatic N) is 2. The van der Waals surface area contributed by atoms with E-state index in [1.807, 2.05) is 24.3 Å². The first-order chi connectivity index (χ1) is 13.1. The molecule has 2 heterocycles. The number of hydrogen-bond acceptors (Lipinski definition) is 5. The van der Waals surface area contributed by atoms with E-state index in [1.54, 1.807) is 0 Å². The minimum Gasteiger partial charge on any atom is -0.423 e. The summed E-state index contributed by atoms with van der Waals surface area (Å²) in [5.74, 6) is 0.368. The Bertz CT molecular complexity index is 1160. The van der Waals surface area contributed by atoms with E-state index in [1.165, 1.54) is 11.3 Å². The molecule has 1 aromatic carbocycles. The summed E-state index contributed by atoms with van der Waals surface area (Å²) in [5.41, 5.74) is 1.55. The molecular weight excluding hydrogens is 380 g/mol. The minimum absolute atomic E-state index is 0.350. The number of thiazole rings is 1. The highest BCUT2D eigenvalue weighted by Crippen LogP contribution is 2.31. The summed E-state index contributed by atoms with van der Waals surface area (Å²) >= 11 is 7.68. The summed E-state index contributed by atoms with van der Waals surface area (Å²) in [6, 6.07) is 7.55. The summed E-state index contributed by atoms with van der Waals surface area (Å²) in [6.07, 6.45) is 5.20. The molecule has 0 aliphatic heterocycles. The Morgan fingerprint density at radius 1 is 1.33 bits per heavy atom. The Balaban J connectivity index is 1.74. The van der Waals surface area contributed by atoms with Crippen molar-refractivity contribution in [1.82, 2.24) is 9.88 Å². The van der Waals surface area contributed by atoms with E-state index in [9.17, 15) is 4.79 Å². The summed E-state index contributed by atoms with van der Waals surface area (Å²) in [7, 11) is 0. The highest BCUT2D eigenvalue weighted by atomic mass is 35.5. The molecule has 4 nitrogen and oxygen atoms in total. The smallest absolute Gasteiger partial charge is 0.346 e. The predicted molar refractivity (Wildman–Crippen MR) is 113 cm³/mol. The van der Waals surface area contributed by atoms with Crippen LogP contribution in [-0.2, 0) is 0 Å². The lowest BCUT2D eigenvalue weighted by Crippen LogP contribution is -2.36. The van der Waals surface area contributed by atoms with E-state index in [2.05, 4.69) is 35.9 Å². The lowest BCUT2D eigenvalue weighted by atomic mass is 9.99. The maximum Gasteiger partial charge on any atom is 0.346 e. The van der Waals surface area contributed by atoms with Gasteiger partial charge in [0.05, 0.1) is 15.3 Å². The van der Waals surface area contributed by atoms with Gasteiger partial charge in [0.25, 0.3) is 0 Å². The molecule has 0 amide bonds. The Kier molecular flexibility index (Phi) is 5.17. The number of aromatic nitrogens is 1. The highest BCUT2D eigenvalue weighted by molar-refractivity contribution is 7.21. The SMILES string of the molecule is CCN(CC)CC1C=c2oc(=O)c(-c3nc4c(Cl)cccc4s3)cc2=CC1. The van der Waals surface area contributed by atoms with Gasteiger partial charge < -0.3 is 9.32 Å².